The fourth-order valence-corrected chi connectivity index (χ4v) is 3.00. The van der Waals surface area contributed by atoms with Crippen LogP contribution in [0.15, 0.2) is 36.7 Å². The summed E-state index contributed by atoms with van der Waals surface area (Å²) < 4.78 is 2.15. The minimum Gasteiger partial charge on any atom is -0.399 e. The van der Waals surface area contributed by atoms with Gasteiger partial charge in [0.05, 0.1) is 12.2 Å². The van der Waals surface area contributed by atoms with E-state index in [1.807, 2.05) is 18.3 Å². The molecule has 1 fully saturated rings. The zero-order valence-corrected chi connectivity index (χ0v) is 11.4. The van der Waals surface area contributed by atoms with E-state index in [9.17, 15) is 0 Å². The molecule has 0 aliphatic heterocycles. The van der Waals surface area contributed by atoms with E-state index in [1.165, 1.54) is 36.8 Å². The average Bonchev–Trinajstić information content (AvgIpc) is 2.89. The molecule has 19 heavy (non-hydrogen) atoms. The molecule has 0 spiro atoms. The zero-order valence-electron chi connectivity index (χ0n) is 11.4. The third kappa shape index (κ3) is 2.65. The van der Waals surface area contributed by atoms with Crippen molar-refractivity contribution >= 4 is 5.69 Å². The summed E-state index contributed by atoms with van der Waals surface area (Å²) >= 11 is 0. The Morgan fingerprint density at radius 2 is 1.95 bits per heavy atom. The molecule has 1 heterocycles. The van der Waals surface area contributed by atoms with E-state index in [4.69, 9.17) is 5.73 Å². The Morgan fingerprint density at radius 1 is 1.16 bits per heavy atom. The van der Waals surface area contributed by atoms with Crippen LogP contribution in [0.25, 0.3) is 11.1 Å². The molecule has 3 rings (SSSR count). The largest absolute Gasteiger partial charge is 0.399 e. The molecule has 3 heteroatoms. The van der Waals surface area contributed by atoms with Gasteiger partial charge in [0.1, 0.15) is 0 Å². The van der Waals surface area contributed by atoms with Gasteiger partial charge in [-0.2, -0.15) is 5.10 Å². The molecule has 3 nitrogen and oxygen atoms in total. The van der Waals surface area contributed by atoms with Crippen LogP contribution < -0.4 is 5.73 Å². The van der Waals surface area contributed by atoms with Crippen LogP contribution in [0, 0.1) is 5.92 Å². The number of aromatic nitrogens is 2. The van der Waals surface area contributed by atoms with Gasteiger partial charge in [0.15, 0.2) is 0 Å². The van der Waals surface area contributed by atoms with Crippen LogP contribution >= 0.6 is 0 Å². The molecule has 0 saturated heterocycles. The molecule has 2 N–H and O–H groups in total. The van der Waals surface area contributed by atoms with Crippen LogP contribution in [0.2, 0.25) is 0 Å². The van der Waals surface area contributed by atoms with Crippen molar-refractivity contribution in [2.24, 2.45) is 5.92 Å². The van der Waals surface area contributed by atoms with Crippen molar-refractivity contribution in [2.75, 3.05) is 5.73 Å². The lowest BCUT2D eigenvalue weighted by molar-refractivity contribution is 0.266. The smallest absolute Gasteiger partial charge is 0.0568 e. The Labute approximate surface area is 114 Å². The van der Waals surface area contributed by atoms with Gasteiger partial charge in [-0.1, -0.05) is 31.9 Å². The lowest BCUT2D eigenvalue weighted by atomic mass is 9.87. The van der Waals surface area contributed by atoms with Gasteiger partial charge in [0, 0.05) is 17.4 Å². The van der Waals surface area contributed by atoms with Crippen LogP contribution in [0.4, 0.5) is 5.69 Å². The normalized spacial score (nSPS) is 23.4. The predicted octanol–water partition coefficient (Wildman–Crippen LogP) is 3.88. The topological polar surface area (TPSA) is 43.8 Å². The molecule has 1 saturated carbocycles. The molecule has 100 valence electrons. The Bertz CT molecular complexity index is 541. The predicted molar refractivity (Wildman–Crippen MR) is 78.7 cm³/mol. The molecule has 1 aliphatic carbocycles. The number of anilines is 1. The first-order chi connectivity index (χ1) is 9.22. The number of nitrogens with two attached hydrogens (primary N) is 1. The minimum atomic E-state index is 0.575. The summed E-state index contributed by atoms with van der Waals surface area (Å²) in [6.45, 7) is 2.34. The van der Waals surface area contributed by atoms with Gasteiger partial charge in [-0.25, -0.2) is 0 Å². The number of hydrogen-bond acceptors (Lipinski definition) is 2. The van der Waals surface area contributed by atoms with Gasteiger partial charge in [-0.15, -0.1) is 0 Å². The number of nitrogens with zero attached hydrogens (tertiary/aromatic N) is 2. The van der Waals surface area contributed by atoms with Crippen molar-refractivity contribution in [3.63, 3.8) is 0 Å². The first kappa shape index (κ1) is 12.3. The lowest BCUT2D eigenvalue weighted by Gasteiger charge is -2.26. The monoisotopic (exact) mass is 255 g/mol. The molecule has 1 aromatic carbocycles. The molecule has 0 amide bonds. The first-order valence-electron chi connectivity index (χ1n) is 7.12. The number of rotatable bonds is 2. The standard InChI is InChI=1S/C16H21N3/c1-12-3-2-4-16(9-12)19-11-14(10-18-19)13-5-7-15(17)8-6-13/h5-8,10-12,16H,2-4,9,17H2,1H3. The van der Waals surface area contributed by atoms with Gasteiger partial charge in [-0.3, -0.25) is 4.68 Å². The molecular weight excluding hydrogens is 234 g/mol. The van der Waals surface area contributed by atoms with Crippen molar-refractivity contribution < 1.29 is 0 Å². The molecule has 1 aromatic heterocycles. The Morgan fingerprint density at radius 3 is 2.68 bits per heavy atom. The number of hydrogen-bond donors (Lipinski definition) is 1. The van der Waals surface area contributed by atoms with Crippen LogP contribution in [-0.4, -0.2) is 9.78 Å². The Hall–Kier alpha value is -1.77. The number of nitrogen functional groups attached to an aromatic ring is 1. The highest BCUT2D eigenvalue weighted by molar-refractivity contribution is 5.63. The third-order valence-corrected chi connectivity index (χ3v) is 4.13. The quantitative estimate of drug-likeness (QED) is 0.827. The van der Waals surface area contributed by atoms with E-state index in [0.29, 0.717) is 6.04 Å². The molecule has 2 aromatic rings. The minimum absolute atomic E-state index is 0.575. The van der Waals surface area contributed by atoms with E-state index in [1.54, 1.807) is 0 Å². The van der Waals surface area contributed by atoms with Gasteiger partial charge < -0.3 is 5.73 Å². The van der Waals surface area contributed by atoms with Gasteiger partial charge in [0.25, 0.3) is 0 Å². The molecule has 0 radical (unpaired) electrons. The van der Waals surface area contributed by atoms with E-state index in [2.05, 4.69) is 35.0 Å². The molecule has 2 unspecified atom stereocenters. The second-order valence-electron chi connectivity index (χ2n) is 5.76. The second kappa shape index (κ2) is 5.08. The highest BCUT2D eigenvalue weighted by atomic mass is 15.3. The summed E-state index contributed by atoms with van der Waals surface area (Å²) in [5.41, 5.74) is 8.89. The van der Waals surface area contributed by atoms with Gasteiger partial charge in [0.2, 0.25) is 0 Å². The van der Waals surface area contributed by atoms with Crippen LogP contribution in [0.5, 0.6) is 0 Å². The van der Waals surface area contributed by atoms with Crippen molar-refractivity contribution in [1.82, 2.24) is 9.78 Å². The van der Waals surface area contributed by atoms with Crippen LogP contribution in [-0.2, 0) is 0 Å². The van der Waals surface area contributed by atoms with Crippen LogP contribution in [0.1, 0.15) is 38.6 Å². The maximum atomic E-state index is 5.72. The third-order valence-electron chi connectivity index (χ3n) is 4.13. The van der Waals surface area contributed by atoms with Gasteiger partial charge in [-0.05, 0) is 36.5 Å². The van der Waals surface area contributed by atoms with Crippen LogP contribution in [0.3, 0.4) is 0 Å². The van der Waals surface area contributed by atoms with Crippen molar-refractivity contribution in [3.8, 4) is 11.1 Å². The summed E-state index contributed by atoms with van der Waals surface area (Å²) in [5, 5.41) is 4.56. The summed E-state index contributed by atoms with van der Waals surface area (Å²) in [6.07, 6.45) is 9.33. The van der Waals surface area contributed by atoms with Crippen molar-refractivity contribution in [1.29, 1.82) is 0 Å². The maximum Gasteiger partial charge on any atom is 0.0568 e. The fraction of sp³-hybridized carbons (Fsp3) is 0.438. The summed E-state index contributed by atoms with van der Waals surface area (Å²) in [5.74, 6) is 0.822. The molecule has 1 aliphatic rings. The summed E-state index contributed by atoms with van der Waals surface area (Å²) in [7, 11) is 0. The van der Waals surface area contributed by atoms with E-state index in [0.717, 1.165) is 11.6 Å². The fourth-order valence-electron chi connectivity index (χ4n) is 3.00. The molecule has 2 atom stereocenters. The Kier molecular flexibility index (Phi) is 3.28. The zero-order chi connectivity index (χ0) is 13.2. The SMILES string of the molecule is CC1CCCC(n2cc(-c3ccc(N)cc3)cn2)C1. The highest BCUT2D eigenvalue weighted by Gasteiger charge is 2.20. The Balaban J connectivity index is 1.81. The first-order valence-corrected chi connectivity index (χ1v) is 7.12. The highest BCUT2D eigenvalue weighted by Crippen LogP contribution is 2.32. The maximum absolute atomic E-state index is 5.72. The van der Waals surface area contributed by atoms with E-state index < -0.39 is 0 Å². The van der Waals surface area contributed by atoms with Crippen molar-refractivity contribution in [2.45, 2.75) is 38.6 Å². The van der Waals surface area contributed by atoms with Gasteiger partial charge >= 0.3 is 0 Å². The van der Waals surface area contributed by atoms with E-state index in [-0.39, 0.29) is 0 Å². The van der Waals surface area contributed by atoms with Crippen molar-refractivity contribution in [3.05, 3.63) is 36.7 Å². The second-order valence-corrected chi connectivity index (χ2v) is 5.76. The molecular formula is C16H21N3. The average molecular weight is 255 g/mol. The lowest BCUT2D eigenvalue weighted by Crippen LogP contribution is -2.17. The molecule has 0 bridgehead atoms. The number of benzene rings is 1. The summed E-state index contributed by atoms with van der Waals surface area (Å²) in [6, 6.07) is 8.57. The van der Waals surface area contributed by atoms with E-state index >= 15 is 0 Å². The summed E-state index contributed by atoms with van der Waals surface area (Å²) in [4.78, 5) is 0.